The van der Waals surface area contributed by atoms with E-state index in [1.165, 1.54) is 5.39 Å². The van der Waals surface area contributed by atoms with Crippen molar-refractivity contribution in [3.8, 4) is 11.3 Å². The Hall–Kier alpha value is -4.52. The molecule has 0 aliphatic carbocycles. The van der Waals surface area contributed by atoms with Crippen molar-refractivity contribution in [2.24, 2.45) is 0 Å². The maximum absolute atomic E-state index is 15.2. The first-order chi connectivity index (χ1) is 18.7. The van der Waals surface area contributed by atoms with Gasteiger partial charge < -0.3 is 4.57 Å². The number of benzene rings is 6. The van der Waals surface area contributed by atoms with Crippen LogP contribution < -0.4 is 15.9 Å². The third-order valence-corrected chi connectivity index (χ3v) is 10.5. The van der Waals surface area contributed by atoms with Gasteiger partial charge in [-0.05, 0) is 22.2 Å². The second kappa shape index (κ2) is 9.10. The van der Waals surface area contributed by atoms with Gasteiger partial charge in [-0.1, -0.05) is 140 Å². The van der Waals surface area contributed by atoms with E-state index in [2.05, 4.69) is 78.9 Å². The SMILES string of the molecule is O=P(c1ccccc1)(c1ccc(-c2ccc3ccc4ccccc4c3n2)cc1)c1cccc2ccccc12. The average molecular weight is 506 g/mol. The normalized spacial score (nSPS) is 13.1. The number of nitrogens with zero attached hydrogens (tertiary/aromatic N) is 1. The summed E-state index contributed by atoms with van der Waals surface area (Å²) in [5.74, 6) is 0. The van der Waals surface area contributed by atoms with Crippen molar-refractivity contribution in [3.05, 3.63) is 146 Å². The Balaban J connectivity index is 1.38. The number of hydrogen-bond donors (Lipinski definition) is 0. The van der Waals surface area contributed by atoms with Gasteiger partial charge in [-0.3, -0.25) is 0 Å². The molecule has 38 heavy (non-hydrogen) atoms. The van der Waals surface area contributed by atoms with Crippen LogP contribution in [0.1, 0.15) is 0 Å². The fraction of sp³-hybridized carbons (Fsp3) is 0. The summed E-state index contributed by atoms with van der Waals surface area (Å²) in [7, 11) is -3.13. The Morgan fingerprint density at radius 3 is 1.82 bits per heavy atom. The molecule has 0 saturated heterocycles. The van der Waals surface area contributed by atoms with E-state index in [0.29, 0.717) is 0 Å². The van der Waals surface area contributed by atoms with Gasteiger partial charge in [0.2, 0.25) is 0 Å². The van der Waals surface area contributed by atoms with E-state index in [4.69, 9.17) is 4.98 Å². The highest BCUT2D eigenvalue weighted by Gasteiger charge is 2.31. The van der Waals surface area contributed by atoms with Gasteiger partial charge in [-0.15, -0.1) is 0 Å². The molecule has 180 valence electrons. The number of hydrogen-bond acceptors (Lipinski definition) is 2. The Kier molecular flexibility index (Phi) is 5.43. The van der Waals surface area contributed by atoms with Gasteiger partial charge in [-0.25, -0.2) is 4.98 Å². The summed E-state index contributed by atoms with van der Waals surface area (Å²) >= 11 is 0. The predicted molar refractivity (Wildman–Crippen MR) is 162 cm³/mol. The summed E-state index contributed by atoms with van der Waals surface area (Å²) in [6.07, 6.45) is 0. The van der Waals surface area contributed by atoms with Crippen molar-refractivity contribution in [1.29, 1.82) is 0 Å². The fourth-order valence-corrected chi connectivity index (χ4v) is 8.26. The Labute approximate surface area is 221 Å². The van der Waals surface area contributed by atoms with Gasteiger partial charge in [0.1, 0.15) is 0 Å². The molecule has 3 heteroatoms. The summed E-state index contributed by atoms with van der Waals surface area (Å²) in [5.41, 5.74) is 2.90. The largest absolute Gasteiger partial charge is 0.309 e. The van der Waals surface area contributed by atoms with Crippen LogP contribution in [0, 0.1) is 0 Å². The third kappa shape index (κ3) is 3.65. The molecule has 6 aromatic carbocycles. The van der Waals surface area contributed by atoms with Gasteiger partial charge in [0.25, 0.3) is 0 Å². The van der Waals surface area contributed by atoms with Gasteiger partial charge >= 0.3 is 0 Å². The number of aromatic nitrogens is 1. The highest BCUT2D eigenvalue weighted by atomic mass is 31.2. The molecule has 0 bridgehead atoms. The van der Waals surface area contributed by atoms with Crippen molar-refractivity contribution in [3.63, 3.8) is 0 Å². The highest BCUT2D eigenvalue weighted by molar-refractivity contribution is 7.85. The fourth-order valence-electron chi connectivity index (χ4n) is 5.41. The summed E-state index contributed by atoms with van der Waals surface area (Å²) in [4.78, 5) is 5.05. The maximum Gasteiger partial charge on any atom is 0.171 e. The molecule has 1 unspecified atom stereocenters. The predicted octanol–water partition coefficient (Wildman–Crippen LogP) is 7.85. The minimum atomic E-state index is -3.13. The second-order valence-electron chi connectivity index (χ2n) is 9.54. The van der Waals surface area contributed by atoms with Crippen LogP contribution in [-0.4, -0.2) is 4.98 Å². The van der Waals surface area contributed by atoms with Crippen molar-refractivity contribution in [2.75, 3.05) is 0 Å². The van der Waals surface area contributed by atoms with E-state index in [9.17, 15) is 0 Å². The molecule has 7 aromatic rings. The molecule has 0 amide bonds. The molecular formula is C35H24NOP. The molecule has 0 spiro atoms. The van der Waals surface area contributed by atoms with Crippen LogP contribution in [0.25, 0.3) is 43.7 Å². The zero-order valence-corrected chi connectivity index (χ0v) is 21.6. The summed E-state index contributed by atoms with van der Waals surface area (Å²) < 4.78 is 15.2. The van der Waals surface area contributed by atoms with Crippen LogP contribution in [0.2, 0.25) is 0 Å². The van der Waals surface area contributed by atoms with Gasteiger partial charge in [0, 0.05) is 32.2 Å². The van der Waals surface area contributed by atoms with E-state index in [1.54, 1.807) is 0 Å². The lowest BCUT2D eigenvalue weighted by Gasteiger charge is -2.22. The molecule has 0 fully saturated rings. The van der Waals surface area contributed by atoms with Crippen LogP contribution in [0.5, 0.6) is 0 Å². The van der Waals surface area contributed by atoms with Crippen LogP contribution >= 0.6 is 7.14 Å². The monoisotopic (exact) mass is 505 g/mol. The van der Waals surface area contributed by atoms with Gasteiger partial charge in [0.15, 0.2) is 7.14 Å². The van der Waals surface area contributed by atoms with Crippen molar-refractivity contribution < 1.29 is 4.57 Å². The number of pyridine rings is 1. The maximum atomic E-state index is 15.2. The topological polar surface area (TPSA) is 30.0 Å². The second-order valence-corrected chi connectivity index (χ2v) is 12.3. The molecule has 1 aromatic heterocycles. The molecule has 0 N–H and O–H groups in total. The number of rotatable bonds is 4. The number of fused-ring (bicyclic) bond motifs is 4. The molecule has 0 saturated carbocycles. The Bertz CT molecular complexity index is 1990. The first kappa shape index (κ1) is 22.7. The minimum Gasteiger partial charge on any atom is -0.309 e. The Morgan fingerprint density at radius 2 is 1.03 bits per heavy atom. The van der Waals surface area contributed by atoms with Crippen LogP contribution in [0.15, 0.2) is 146 Å². The van der Waals surface area contributed by atoms with E-state index in [-0.39, 0.29) is 0 Å². The molecular weight excluding hydrogens is 481 g/mol. The lowest BCUT2D eigenvalue weighted by atomic mass is 10.0. The molecule has 0 radical (unpaired) electrons. The first-order valence-electron chi connectivity index (χ1n) is 12.8. The summed E-state index contributed by atoms with van der Waals surface area (Å²) in [6.45, 7) is 0. The molecule has 1 atom stereocenters. The summed E-state index contributed by atoms with van der Waals surface area (Å²) in [6, 6.07) is 49.1. The van der Waals surface area contributed by atoms with Gasteiger partial charge in [0.05, 0.1) is 11.2 Å². The zero-order valence-electron chi connectivity index (χ0n) is 20.7. The molecule has 2 nitrogen and oxygen atoms in total. The minimum absolute atomic E-state index is 0.815. The van der Waals surface area contributed by atoms with Crippen LogP contribution in [0.4, 0.5) is 0 Å². The van der Waals surface area contributed by atoms with E-state index in [0.717, 1.165) is 54.2 Å². The van der Waals surface area contributed by atoms with E-state index in [1.807, 2.05) is 66.7 Å². The van der Waals surface area contributed by atoms with Gasteiger partial charge in [-0.2, -0.15) is 0 Å². The lowest BCUT2D eigenvalue weighted by molar-refractivity contribution is 0.592. The third-order valence-electron chi connectivity index (χ3n) is 7.34. The zero-order chi connectivity index (χ0) is 25.5. The quantitative estimate of drug-likeness (QED) is 0.180. The van der Waals surface area contributed by atoms with E-state index < -0.39 is 7.14 Å². The highest BCUT2D eigenvalue weighted by Crippen LogP contribution is 2.44. The van der Waals surface area contributed by atoms with Crippen LogP contribution in [-0.2, 0) is 4.57 Å². The lowest BCUT2D eigenvalue weighted by Crippen LogP contribution is -2.25. The average Bonchev–Trinajstić information content (AvgIpc) is 3.00. The smallest absolute Gasteiger partial charge is 0.171 e. The molecule has 0 aliphatic rings. The molecule has 7 rings (SSSR count). The van der Waals surface area contributed by atoms with Crippen molar-refractivity contribution in [2.45, 2.75) is 0 Å². The van der Waals surface area contributed by atoms with Crippen molar-refractivity contribution in [1.82, 2.24) is 4.98 Å². The van der Waals surface area contributed by atoms with Crippen molar-refractivity contribution >= 4 is 55.5 Å². The first-order valence-corrected chi connectivity index (χ1v) is 14.5. The van der Waals surface area contributed by atoms with Crippen LogP contribution in [0.3, 0.4) is 0 Å². The Morgan fingerprint density at radius 1 is 0.447 bits per heavy atom. The van der Waals surface area contributed by atoms with E-state index >= 15 is 4.57 Å². The molecule has 0 aliphatic heterocycles. The standard InChI is InChI=1S/C35H24NOP/c37-38(29-12-2-1-3-13-29,34-16-8-11-25-9-4-6-14-31(25)34)30-22-19-27(20-23-30)33-24-21-28-18-17-26-10-5-7-15-32(26)35(28)36-33/h1-24H. The summed E-state index contributed by atoms with van der Waals surface area (Å²) in [5, 5.41) is 8.07. The molecule has 1 heterocycles.